The summed E-state index contributed by atoms with van der Waals surface area (Å²) in [4.78, 5) is 14.6. The third kappa shape index (κ3) is 3.10. The van der Waals surface area contributed by atoms with Gasteiger partial charge in [-0.3, -0.25) is 4.79 Å². The average molecular weight is 294 g/mol. The van der Waals surface area contributed by atoms with Gasteiger partial charge in [0.25, 0.3) is 5.91 Å². The van der Waals surface area contributed by atoms with Gasteiger partial charge in [0.2, 0.25) is 0 Å². The van der Waals surface area contributed by atoms with E-state index in [-0.39, 0.29) is 5.91 Å². The number of rotatable bonds is 3. The first-order chi connectivity index (χ1) is 8.15. The fraction of sp³-hybridized carbons (Fsp3) is 0.0833. The van der Waals surface area contributed by atoms with E-state index in [9.17, 15) is 4.79 Å². The van der Waals surface area contributed by atoms with Gasteiger partial charge < -0.3 is 16.0 Å². The Labute approximate surface area is 107 Å². The number of nitrogens with two attached hydrogens (primary N) is 1. The maximum absolute atomic E-state index is 11.7. The second kappa shape index (κ2) is 5.05. The second-order valence-corrected chi connectivity index (χ2v) is 4.57. The standard InChI is InChI=1S/C12H12BrN3O/c13-9-5-11(15-7-9)12(17)16-6-8-1-3-10(14)4-2-8/h1-5,7,15H,6,14H2,(H,16,17). The molecule has 0 spiro atoms. The van der Waals surface area contributed by atoms with Gasteiger partial charge in [-0.2, -0.15) is 0 Å². The molecule has 0 atom stereocenters. The number of hydrogen-bond acceptors (Lipinski definition) is 2. The first-order valence-electron chi connectivity index (χ1n) is 5.11. The van der Waals surface area contributed by atoms with Crippen LogP contribution >= 0.6 is 15.9 Å². The van der Waals surface area contributed by atoms with Crippen molar-refractivity contribution < 1.29 is 4.79 Å². The Balaban J connectivity index is 1.94. The predicted molar refractivity (Wildman–Crippen MR) is 70.5 cm³/mol. The topological polar surface area (TPSA) is 70.9 Å². The molecule has 0 fully saturated rings. The first kappa shape index (κ1) is 11.7. The fourth-order valence-electron chi connectivity index (χ4n) is 1.41. The molecule has 1 aromatic heterocycles. The molecule has 0 bridgehead atoms. The molecule has 0 saturated carbocycles. The van der Waals surface area contributed by atoms with Gasteiger partial charge in [-0.1, -0.05) is 12.1 Å². The van der Waals surface area contributed by atoms with Gasteiger partial charge in [-0.15, -0.1) is 0 Å². The number of amides is 1. The number of nitrogens with one attached hydrogen (secondary N) is 2. The number of hydrogen-bond donors (Lipinski definition) is 3. The highest BCUT2D eigenvalue weighted by Gasteiger charge is 2.06. The summed E-state index contributed by atoms with van der Waals surface area (Å²) in [6.07, 6.45) is 1.72. The number of aromatic nitrogens is 1. The molecular weight excluding hydrogens is 282 g/mol. The maximum atomic E-state index is 11.7. The minimum atomic E-state index is -0.132. The Morgan fingerprint density at radius 2 is 2.06 bits per heavy atom. The smallest absolute Gasteiger partial charge is 0.267 e. The zero-order valence-electron chi connectivity index (χ0n) is 9.03. The predicted octanol–water partition coefficient (Wildman–Crippen LogP) is 2.29. The monoisotopic (exact) mass is 293 g/mol. The molecule has 1 heterocycles. The maximum Gasteiger partial charge on any atom is 0.267 e. The Kier molecular flexibility index (Phi) is 3.49. The van der Waals surface area contributed by atoms with E-state index in [1.54, 1.807) is 12.3 Å². The van der Waals surface area contributed by atoms with Crippen molar-refractivity contribution in [2.24, 2.45) is 0 Å². The summed E-state index contributed by atoms with van der Waals surface area (Å²) in [5.74, 6) is -0.132. The molecule has 88 valence electrons. The van der Waals surface area contributed by atoms with Gasteiger partial charge in [0.15, 0.2) is 0 Å². The summed E-state index contributed by atoms with van der Waals surface area (Å²) in [5.41, 5.74) is 7.84. The Morgan fingerprint density at radius 1 is 1.35 bits per heavy atom. The molecule has 4 nitrogen and oxygen atoms in total. The lowest BCUT2D eigenvalue weighted by molar-refractivity contribution is 0.0946. The number of halogens is 1. The highest BCUT2D eigenvalue weighted by atomic mass is 79.9. The lowest BCUT2D eigenvalue weighted by Crippen LogP contribution is -2.22. The van der Waals surface area contributed by atoms with E-state index in [4.69, 9.17) is 5.73 Å². The summed E-state index contributed by atoms with van der Waals surface area (Å²) >= 11 is 3.28. The number of carbonyl (C=O) groups is 1. The van der Waals surface area contributed by atoms with Gasteiger partial charge in [-0.25, -0.2) is 0 Å². The lowest BCUT2D eigenvalue weighted by Gasteiger charge is -2.04. The fourth-order valence-corrected chi connectivity index (χ4v) is 1.76. The van der Waals surface area contributed by atoms with Crippen LogP contribution in [0.1, 0.15) is 16.1 Å². The molecule has 1 aromatic carbocycles. The summed E-state index contributed by atoms with van der Waals surface area (Å²) in [7, 11) is 0. The summed E-state index contributed by atoms with van der Waals surface area (Å²) in [6.45, 7) is 0.482. The van der Waals surface area contributed by atoms with E-state index in [0.29, 0.717) is 17.9 Å². The number of benzene rings is 1. The number of aromatic amines is 1. The van der Waals surface area contributed by atoms with Crippen LogP contribution in [-0.2, 0) is 6.54 Å². The Morgan fingerprint density at radius 3 is 2.65 bits per heavy atom. The zero-order valence-corrected chi connectivity index (χ0v) is 10.6. The summed E-state index contributed by atoms with van der Waals surface area (Å²) in [5, 5.41) is 2.82. The van der Waals surface area contributed by atoms with E-state index in [1.807, 2.05) is 24.3 Å². The normalized spacial score (nSPS) is 10.2. The number of anilines is 1. The molecule has 1 amide bonds. The molecule has 2 rings (SSSR count). The van der Waals surface area contributed by atoms with E-state index in [2.05, 4.69) is 26.2 Å². The van der Waals surface area contributed by atoms with Crippen LogP contribution in [-0.4, -0.2) is 10.9 Å². The van der Waals surface area contributed by atoms with Gasteiger partial charge in [0.1, 0.15) is 5.69 Å². The zero-order chi connectivity index (χ0) is 12.3. The molecule has 17 heavy (non-hydrogen) atoms. The Hall–Kier alpha value is -1.75. The van der Waals surface area contributed by atoms with Crippen LogP contribution in [0.5, 0.6) is 0 Å². The highest BCUT2D eigenvalue weighted by molar-refractivity contribution is 9.10. The van der Waals surface area contributed by atoms with Gasteiger partial charge in [0, 0.05) is 22.9 Å². The van der Waals surface area contributed by atoms with Crippen LogP contribution in [0.15, 0.2) is 41.0 Å². The van der Waals surface area contributed by atoms with Crippen LogP contribution in [0.25, 0.3) is 0 Å². The van der Waals surface area contributed by atoms with Crippen molar-refractivity contribution in [3.8, 4) is 0 Å². The van der Waals surface area contributed by atoms with Crippen LogP contribution in [0.2, 0.25) is 0 Å². The first-order valence-corrected chi connectivity index (χ1v) is 5.91. The molecule has 0 aliphatic heterocycles. The third-order valence-electron chi connectivity index (χ3n) is 2.33. The van der Waals surface area contributed by atoms with E-state index in [0.717, 1.165) is 10.0 Å². The molecule has 0 saturated heterocycles. The van der Waals surface area contributed by atoms with Crippen molar-refractivity contribution in [1.82, 2.24) is 10.3 Å². The molecule has 0 radical (unpaired) electrons. The molecular formula is C12H12BrN3O. The molecule has 5 heteroatoms. The highest BCUT2D eigenvalue weighted by Crippen LogP contribution is 2.10. The minimum Gasteiger partial charge on any atom is -0.399 e. The SMILES string of the molecule is Nc1ccc(CNC(=O)c2cc(Br)c[nH]2)cc1. The number of nitrogen functional groups attached to an aromatic ring is 1. The van der Waals surface area contributed by atoms with Gasteiger partial charge in [0.05, 0.1) is 0 Å². The van der Waals surface area contributed by atoms with Gasteiger partial charge in [-0.05, 0) is 39.7 Å². The quantitative estimate of drug-likeness (QED) is 0.760. The number of H-pyrrole nitrogens is 1. The summed E-state index contributed by atoms with van der Waals surface area (Å²) in [6, 6.07) is 9.14. The molecule has 0 unspecified atom stereocenters. The van der Waals surface area contributed by atoms with E-state index < -0.39 is 0 Å². The van der Waals surface area contributed by atoms with Crippen LogP contribution < -0.4 is 11.1 Å². The van der Waals surface area contributed by atoms with E-state index >= 15 is 0 Å². The van der Waals surface area contributed by atoms with Crippen LogP contribution in [0.4, 0.5) is 5.69 Å². The van der Waals surface area contributed by atoms with Crippen molar-refractivity contribution in [2.45, 2.75) is 6.54 Å². The third-order valence-corrected chi connectivity index (χ3v) is 2.78. The number of carbonyl (C=O) groups excluding carboxylic acids is 1. The second-order valence-electron chi connectivity index (χ2n) is 3.66. The van der Waals surface area contributed by atoms with Crippen molar-refractivity contribution in [2.75, 3.05) is 5.73 Å². The molecule has 2 aromatic rings. The molecule has 0 aliphatic rings. The van der Waals surface area contributed by atoms with Gasteiger partial charge >= 0.3 is 0 Å². The molecule has 4 N–H and O–H groups in total. The van der Waals surface area contributed by atoms with Crippen molar-refractivity contribution in [3.05, 3.63) is 52.3 Å². The van der Waals surface area contributed by atoms with Crippen molar-refractivity contribution >= 4 is 27.5 Å². The largest absolute Gasteiger partial charge is 0.399 e. The van der Waals surface area contributed by atoms with Crippen molar-refractivity contribution in [3.63, 3.8) is 0 Å². The van der Waals surface area contributed by atoms with E-state index in [1.165, 1.54) is 0 Å². The minimum absolute atomic E-state index is 0.132. The van der Waals surface area contributed by atoms with Crippen LogP contribution in [0.3, 0.4) is 0 Å². The average Bonchev–Trinajstić information content (AvgIpc) is 2.75. The summed E-state index contributed by atoms with van der Waals surface area (Å²) < 4.78 is 0.857. The Bertz CT molecular complexity index is 519. The van der Waals surface area contributed by atoms with Crippen molar-refractivity contribution in [1.29, 1.82) is 0 Å². The molecule has 0 aliphatic carbocycles. The lowest BCUT2D eigenvalue weighted by atomic mass is 10.2. The van der Waals surface area contributed by atoms with Crippen LogP contribution in [0, 0.1) is 0 Å².